The van der Waals surface area contributed by atoms with Crippen LogP contribution in [0.25, 0.3) is 11.1 Å². The number of alkyl carbamates (subject to hydrolysis) is 1. The van der Waals surface area contributed by atoms with Gasteiger partial charge in [0.05, 0.1) is 12.7 Å². The van der Waals surface area contributed by atoms with Gasteiger partial charge in [0, 0.05) is 28.9 Å². The number of fused-ring (bicyclic) bond motifs is 3. The standard InChI is InChI=1S/C27H22BrNO4/c1-32-26(30)19-14-13-18(25(28)16-19)8-6-7-15-29-27(31)33-17-24-22-11-4-2-9-20(22)21-10-3-5-12-23(21)24/h2-5,9-14,16,24H,7,15,17H2,1H3,(H,29,31). The molecule has 0 saturated carbocycles. The van der Waals surface area contributed by atoms with E-state index in [0.29, 0.717) is 23.0 Å². The number of hydrogen-bond donors (Lipinski definition) is 1. The fraction of sp³-hybridized carbons (Fsp3) is 0.185. The highest BCUT2D eigenvalue weighted by molar-refractivity contribution is 9.10. The van der Waals surface area contributed by atoms with Gasteiger partial charge >= 0.3 is 12.1 Å². The minimum atomic E-state index is -0.456. The third-order valence-electron chi connectivity index (χ3n) is 5.48. The lowest BCUT2D eigenvalue weighted by atomic mass is 9.98. The SMILES string of the molecule is COC(=O)c1ccc(C#CCCNC(=O)OCC2c3ccccc3-c3ccccc32)c(Br)c1. The molecule has 0 spiro atoms. The Morgan fingerprint density at radius 3 is 2.30 bits per heavy atom. The zero-order chi connectivity index (χ0) is 23.2. The molecule has 0 aromatic heterocycles. The number of amides is 1. The first-order valence-electron chi connectivity index (χ1n) is 10.5. The number of nitrogens with one attached hydrogen (secondary N) is 1. The maximum atomic E-state index is 12.2. The molecule has 0 atom stereocenters. The monoisotopic (exact) mass is 503 g/mol. The number of hydrogen-bond acceptors (Lipinski definition) is 4. The predicted octanol–water partition coefficient (Wildman–Crippen LogP) is 5.52. The van der Waals surface area contributed by atoms with Crippen LogP contribution in [0, 0.1) is 11.8 Å². The molecule has 0 fully saturated rings. The Morgan fingerprint density at radius 2 is 1.67 bits per heavy atom. The number of halogens is 1. The van der Waals surface area contributed by atoms with Crippen LogP contribution in [0.1, 0.15) is 39.4 Å². The van der Waals surface area contributed by atoms with Crippen LogP contribution in [0.4, 0.5) is 4.79 Å². The molecule has 0 heterocycles. The van der Waals surface area contributed by atoms with E-state index in [9.17, 15) is 9.59 Å². The fourth-order valence-corrected chi connectivity index (χ4v) is 4.37. The van der Waals surface area contributed by atoms with Gasteiger partial charge in [0.1, 0.15) is 6.61 Å². The summed E-state index contributed by atoms with van der Waals surface area (Å²) in [5, 5.41) is 2.75. The van der Waals surface area contributed by atoms with Crippen molar-refractivity contribution < 1.29 is 19.1 Å². The maximum absolute atomic E-state index is 12.2. The van der Waals surface area contributed by atoms with Gasteiger partial charge in [-0.25, -0.2) is 9.59 Å². The Balaban J connectivity index is 1.27. The van der Waals surface area contributed by atoms with Crippen LogP contribution in [0.15, 0.2) is 71.2 Å². The van der Waals surface area contributed by atoms with Crippen LogP contribution in [-0.4, -0.2) is 32.3 Å². The molecule has 1 N–H and O–H groups in total. The van der Waals surface area contributed by atoms with Gasteiger partial charge in [-0.15, -0.1) is 0 Å². The Labute approximate surface area is 201 Å². The quantitative estimate of drug-likeness (QED) is 0.283. The molecule has 0 bridgehead atoms. The Morgan fingerprint density at radius 1 is 1.00 bits per heavy atom. The van der Waals surface area contributed by atoms with Gasteiger partial charge in [0.25, 0.3) is 0 Å². The van der Waals surface area contributed by atoms with Crippen LogP contribution in [0.2, 0.25) is 0 Å². The molecule has 5 nitrogen and oxygen atoms in total. The van der Waals surface area contributed by atoms with Gasteiger partial charge in [0.15, 0.2) is 0 Å². The third kappa shape index (κ3) is 5.10. The van der Waals surface area contributed by atoms with E-state index in [1.807, 2.05) is 24.3 Å². The molecule has 1 aliphatic carbocycles. The highest BCUT2D eigenvalue weighted by Gasteiger charge is 2.28. The van der Waals surface area contributed by atoms with E-state index < -0.39 is 12.1 Å². The molecule has 0 saturated heterocycles. The molecule has 0 aliphatic heterocycles. The highest BCUT2D eigenvalue weighted by atomic mass is 79.9. The second-order valence-electron chi connectivity index (χ2n) is 7.49. The molecule has 33 heavy (non-hydrogen) atoms. The van der Waals surface area contributed by atoms with E-state index >= 15 is 0 Å². The van der Waals surface area contributed by atoms with E-state index in [-0.39, 0.29) is 12.5 Å². The molecule has 0 unspecified atom stereocenters. The van der Waals surface area contributed by atoms with Gasteiger partial charge in [-0.05, 0) is 56.4 Å². The van der Waals surface area contributed by atoms with Crippen molar-refractivity contribution in [1.29, 1.82) is 0 Å². The third-order valence-corrected chi connectivity index (χ3v) is 6.13. The summed E-state index contributed by atoms with van der Waals surface area (Å²) >= 11 is 3.41. The molecular formula is C27H22BrNO4. The summed E-state index contributed by atoms with van der Waals surface area (Å²) in [6, 6.07) is 21.6. The molecule has 6 heteroatoms. The van der Waals surface area contributed by atoms with Crippen molar-refractivity contribution in [3.63, 3.8) is 0 Å². The second-order valence-corrected chi connectivity index (χ2v) is 8.34. The van der Waals surface area contributed by atoms with E-state index in [1.54, 1.807) is 18.2 Å². The summed E-state index contributed by atoms with van der Waals surface area (Å²) in [5.41, 5.74) is 5.96. The topological polar surface area (TPSA) is 64.6 Å². The van der Waals surface area contributed by atoms with Crippen molar-refractivity contribution in [3.8, 4) is 23.0 Å². The largest absolute Gasteiger partial charge is 0.465 e. The van der Waals surface area contributed by atoms with E-state index in [1.165, 1.54) is 29.4 Å². The first-order chi connectivity index (χ1) is 16.1. The number of carbonyl (C=O) groups excluding carboxylic acids is 2. The Bertz CT molecular complexity index is 1210. The number of esters is 1. The highest BCUT2D eigenvalue weighted by Crippen LogP contribution is 2.44. The molecular weight excluding hydrogens is 482 g/mol. The van der Waals surface area contributed by atoms with Crippen molar-refractivity contribution in [1.82, 2.24) is 5.32 Å². The zero-order valence-electron chi connectivity index (χ0n) is 18.1. The minimum Gasteiger partial charge on any atom is -0.465 e. The number of benzene rings is 3. The van der Waals surface area contributed by atoms with Crippen molar-refractivity contribution in [2.24, 2.45) is 0 Å². The minimum absolute atomic E-state index is 0.0354. The number of ether oxygens (including phenoxy) is 2. The van der Waals surface area contributed by atoms with Gasteiger partial charge in [-0.2, -0.15) is 0 Å². The molecule has 3 aromatic rings. The average molecular weight is 504 g/mol. The summed E-state index contributed by atoms with van der Waals surface area (Å²) in [4.78, 5) is 23.8. The van der Waals surface area contributed by atoms with Crippen LogP contribution in [0.5, 0.6) is 0 Å². The first-order valence-corrected chi connectivity index (χ1v) is 11.3. The molecule has 4 rings (SSSR count). The summed E-state index contributed by atoms with van der Waals surface area (Å²) in [6.07, 6.45) is 0.0114. The van der Waals surface area contributed by atoms with Gasteiger partial charge in [-0.3, -0.25) is 0 Å². The van der Waals surface area contributed by atoms with Crippen LogP contribution in [0.3, 0.4) is 0 Å². The van der Waals surface area contributed by atoms with Gasteiger partial charge in [-0.1, -0.05) is 60.4 Å². The average Bonchev–Trinajstić information content (AvgIpc) is 3.16. The summed E-state index contributed by atoms with van der Waals surface area (Å²) in [6.45, 7) is 0.659. The zero-order valence-corrected chi connectivity index (χ0v) is 19.6. The van der Waals surface area contributed by atoms with Gasteiger partial charge < -0.3 is 14.8 Å². The number of carbonyl (C=O) groups is 2. The van der Waals surface area contributed by atoms with Crippen molar-refractivity contribution in [2.45, 2.75) is 12.3 Å². The lowest BCUT2D eigenvalue weighted by Crippen LogP contribution is -2.26. The van der Waals surface area contributed by atoms with E-state index in [0.717, 1.165) is 5.56 Å². The summed E-state index contributed by atoms with van der Waals surface area (Å²) in [7, 11) is 1.34. The lowest BCUT2D eigenvalue weighted by Gasteiger charge is -2.14. The second kappa shape index (κ2) is 10.4. The van der Waals surface area contributed by atoms with E-state index in [2.05, 4.69) is 57.4 Å². The maximum Gasteiger partial charge on any atom is 0.407 e. The van der Waals surface area contributed by atoms with E-state index in [4.69, 9.17) is 9.47 Å². The van der Waals surface area contributed by atoms with Crippen LogP contribution < -0.4 is 5.32 Å². The lowest BCUT2D eigenvalue weighted by molar-refractivity contribution is 0.0600. The van der Waals surface area contributed by atoms with Gasteiger partial charge in [0.2, 0.25) is 0 Å². The van der Waals surface area contributed by atoms with Crippen molar-refractivity contribution in [3.05, 3.63) is 93.5 Å². The Kier molecular flexibility index (Phi) is 7.11. The summed E-state index contributed by atoms with van der Waals surface area (Å²) in [5.74, 6) is 5.68. The normalized spacial score (nSPS) is 11.6. The van der Waals surface area contributed by atoms with Crippen molar-refractivity contribution in [2.75, 3.05) is 20.3 Å². The fourth-order valence-electron chi connectivity index (χ4n) is 3.90. The van der Waals surface area contributed by atoms with Crippen molar-refractivity contribution >= 4 is 28.0 Å². The molecule has 1 aliphatic rings. The number of rotatable bonds is 5. The Hall–Kier alpha value is -3.56. The molecule has 0 radical (unpaired) electrons. The number of methoxy groups -OCH3 is 1. The molecule has 1 amide bonds. The smallest absolute Gasteiger partial charge is 0.407 e. The predicted molar refractivity (Wildman–Crippen MR) is 130 cm³/mol. The molecule has 166 valence electrons. The van der Waals surface area contributed by atoms with Crippen LogP contribution in [-0.2, 0) is 9.47 Å². The molecule has 3 aromatic carbocycles. The first kappa shape index (κ1) is 22.6. The summed E-state index contributed by atoms with van der Waals surface area (Å²) < 4.78 is 10.9. The van der Waals surface area contributed by atoms with Crippen LogP contribution >= 0.6 is 15.9 Å².